The molecule has 0 aliphatic heterocycles. The number of aryl methyl sites for hydroxylation is 2. The Kier molecular flexibility index (Phi) is 6.63. The van der Waals surface area contributed by atoms with E-state index in [1.807, 2.05) is 75.7 Å². The van der Waals surface area contributed by atoms with Crippen molar-refractivity contribution in [1.82, 2.24) is 14.8 Å². The van der Waals surface area contributed by atoms with Crippen molar-refractivity contribution in [2.75, 3.05) is 13.6 Å². The first-order valence-electron chi connectivity index (χ1n) is 11.1. The van der Waals surface area contributed by atoms with Gasteiger partial charge in [0.15, 0.2) is 5.76 Å². The van der Waals surface area contributed by atoms with Gasteiger partial charge in [-0.2, -0.15) is 0 Å². The maximum atomic E-state index is 13.4. The second kappa shape index (κ2) is 9.77. The monoisotopic (exact) mass is 443 g/mol. The van der Waals surface area contributed by atoms with Crippen LogP contribution in [0.25, 0.3) is 11.0 Å². The molecule has 0 aliphatic rings. The number of fused-ring (bicyclic) bond motifs is 1. The summed E-state index contributed by atoms with van der Waals surface area (Å²) in [4.78, 5) is 27.7. The first kappa shape index (κ1) is 22.4. The molecule has 2 heterocycles. The van der Waals surface area contributed by atoms with Crippen LogP contribution in [0.15, 0.2) is 77.3 Å². The molecule has 4 rings (SSSR count). The highest BCUT2D eigenvalue weighted by molar-refractivity contribution is 5.99. The predicted octanol–water partition coefficient (Wildman–Crippen LogP) is 4.58. The van der Waals surface area contributed by atoms with Crippen LogP contribution >= 0.6 is 0 Å². The van der Waals surface area contributed by atoms with Crippen molar-refractivity contribution in [2.45, 2.75) is 25.8 Å². The smallest absolute Gasteiger partial charge is 0.289 e. The molecule has 1 N–H and O–H groups in total. The zero-order valence-electron chi connectivity index (χ0n) is 19.2. The Labute approximate surface area is 193 Å². The van der Waals surface area contributed by atoms with E-state index in [2.05, 4.69) is 17.4 Å². The highest BCUT2D eigenvalue weighted by atomic mass is 16.3. The number of hydrogen-bond acceptors (Lipinski definition) is 3. The van der Waals surface area contributed by atoms with E-state index >= 15 is 0 Å². The number of likely N-dealkylation sites (N-methyl/N-ethyl adjacent to an activating group) is 1. The maximum absolute atomic E-state index is 13.4. The Morgan fingerprint density at radius 1 is 1.03 bits per heavy atom. The molecule has 0 bridgehead atoms. The Morgan fingerprint density at radius 3 is 2.45 bits per heavy atom. The molecule has 1 unspecified atom stereocenters. The number of benzene rings is 2. The Balaban J connectivity index is 1.51. The fourth-order valence-electron chi connectivity index (χ4n) is 4.16. The molecule has 4 aromatic rings. The summed E-state index contributed by atoms with van der Waals surface area (Å²) >= 11 is 0. The fraction of sp³-hybridized carbons (Fsp3) is 0.259. The minimum Gasteiger partial charge on any atom is -0.451 e. The van der Waals surface area contributed by atoms with Crippen molar-refractivity contribution in [3.63, 3.8) is 0 Å². The van der Waals surface area contributed by atoms with E-state index < -0.39 is 0 Å². The van der Waals surface area contributed by atoms with Gasteiger partial charge in [-0.25, -0.2) is 0 Å². The molecule has 1 atom stereocenters. The molecule has 2 aromatic carbocycles. The summed E-state index contributed by atoms with van der Waals surface area (Å²) in [5.74, 6) is 0.0890. The Bertz CT molecular complexity index is 1260. The molecule has 0 spiro atoms. The molecule has 0 aliphatic carbocycles. The molecular weight excluding hydrogens is 414 g/mol. The van der Waals surface area contributed by atoms with Gasteiger partial charge in [-0.3, -0.25) is 9.59 Å². The van der Waals surface area contributed by atoms with Crippen LogP contribution in [-0.4, -0.2) is 40.9 Å². The standard InChI is InChI=1S/C27H29N3O3/c1-19-22-12-7-8-14-24(22)33-25(19)27(32)30(3)21(18-20-10-5-4-6-11-20)15-16-28-26(31)23-13-9-17-29(23)2/h4-14,17,21H,15-16,18H2,1-3H3,(H,28,31). The van der Waals surface area contributed by atoms with E-state index in [1.54, 1.807) is 15.5 Å². The van der Waals surface area contributed by atoms with E-state index in [1.165, 1.54) is 0 Å². The Hall–Kier alpha value is -3.80. The lowest BCUT2D eigenvalue weighted by Crippen LogP contribution is -2.41. The summed E-state index contributed by atoms with van der Waals surface area (Å²) in [5.41, 5.74) is 3.30. The van der Waals surface area contributed by atoms with Gasteiger partial charge in [0.1, 0.15) is 11.3 Å². The molecule has 6 heteroatoms. The number of carbonyl (C=O) groups is 2. The van der Waals surface area contributed by atoms with Gasteiger partial charge in [0.25, 0.3) is 11.8 Å². The third kappa shape index (κ3) is 4.85. The lowest BCUT2D eigenvalue weighted by Gasteiger charge is -2.28. The molecule has 170 valence electrons. The van der Waals surface area contributed by atoms with Gasteiger partial charge in [0.05, 0.1) is 0 Å². The van der Waals surface area contributed by atoms with Crippen LogP contribution in [0, 0.1) is 6.92 Å². The second-order valence-corrected chi connectivity index (χ2v) is 8.36. The van der Waals surface area contributed by atoms with Gasteiger partial charge in [-0.1, -0.05) is 48.5 Å². The topological polar surface area (TPSA) is 67.5 Å². The van der Waals surface area contributed by atoms with Gasteiger partial charge in [-0.05, 0) is 43.5 Å². The number of nitrogens with one attached hydrogen (secondary N) is 1. The van der Waals surface area contributed by atoms with Crippen LogP contribution in [0.5, 0.6) is 0 Å². The number of hydrogen-bond donors (Lipinski definition) is 1. The van der Waals surface area contributed by atoms with Crippen molar-refractivity contribution >= 4 is 22.8 Å². The Morgan fingerprint density at radius 2 is 1.76 bits per heavy atom. The molecule has 0 saturated carbocycles. The zero-order chi connectivity index (χ0) is 23.4. The normalized spacial score (nSPS) is 12.0. The van der Waals surface area contributed by atoms with Crippen LogP contribution < -0.4 is 5.32 Å². The molecular formula is C27H29N3O3. The SMILES string of the molecule is Cc1c(C(=O)N(C)C(CCNC(=O)c2cccn2C)Cc2ccccc2)oc2ccccc12. The quantitative estimate of drug-likeness (QED) is 0.433. The number of para-hydroxylation sites is 1. The van der Waals surface area contributed by atoms with Crippen LogP contribution in [0.4, 0.5) is 0 Å². The average molecular weight is 444 g/mol. The van der Waals surface area contributed by atoms with Crippen molar-refractivity contribution in [3.05, 3.63) is 95.5 Å². The lowest BCUT2D eigenvalue weighted by molar-refractivity contribution is 0.0692. The van der Waals surface area contributed by atoms with Crippen LogP contribution in [0.3, 0.4) is 0 Å². The van der Waals surface area contributed by atoms with E-state index in [-0.39, 0.29) is 17.9 Å². The van der Waals surface area contributed by atoms with Crippen LogP contribution in [0.1, 0.15) is 38.6 Å². The van der Waals surface area contributed by atoms with E-state index in [9.17, 15) is 9.59 Å². The molecule has 0 fully saturated rings. The van der Waals surface area contributed by atoms with Crippen LogP contribution in [-0.2, 0) is 13.5 Å². The number of furan rings is 1. The molecule has 2 aromatic heterocycles. The van der Waals surface area contributed by atoms with Gasteiger partial charge in [0, 0.05) is 43.8 Å². The van der Waals surface area contributed by atoms with Gasteiger partial charge in [-0.15, -0.1) is 0 Å². The lowest BCUT2D eigenvalue weighted by atomic mass is 10.0. The van der Waals surface area contributed by atoms with Gasteiger partial charge < -0.3 is 19.2 Å². The van der Waals surface area contributed by atoms with Gasteiger partial charge in [0.2, 0.25) is 0 Å². The van der Waals surface area contributed by atoms with Crippen molar-refractivity contribution in [1.29, 1.82) is 0 Å². The number of amides is 2. The molecule has 0 radical (unpaired) electrons. The van der Waals surface area contributed by atoms with Gasteiger partial charge >= 0.3 is 0 Å². The van der Waals surface area contributed by atoms with Crippen molar-refractivity contribution in [2.24, 2.45) is 7.05 Å². The van der Waals surface area contributed by atoms with Crippen molar-refractivity contribution in [3.8, 4) is 0 Å². The summed E-state index contributed by atoms with van der Waals surface area (Å²) < 4.78 is 7.71. The summed E-state index contributed by atoms with van der Waals surface area (Å²) in [6, 6.07) is 21.3. The number of rotatable bonds is 8. The number of aromatic nitrogens is 1. The summed E-state index contributed by atoms with van der Waals surface area (Å²) in [6.07, 6.45) is 3.14. The molecule has 33 heavy (non-hydrogen) atoms. The average Bonchev–Trinajstić information content (AvgIpc) is 3.41. The predicted molar refractivity (Wildman–Crippen MR) is 129 cm³/mol. The summed E-state index contributed by atoms with van der Waals surface area (Å²) in [6.45, 7) is 2.37. The molecule has 6 nitrogen and oxygen atoms in total. The summed E-state index contributed by atoms with van der Waals surface area (Å²) in [5, 5.41) is 3.94. The first-order valence-corrected chi connectivity index (χ1v) is 11.1. The van der Waals surface area contributed by atoms with E-state index in [0.717, 1.165) is 16.5 Å². The highest BCUT2D eigenvalue weighted by Crippen LogP contribution is 2.26. The van der Waals surface area contributed by atoms with Crippen LogP contribution in [0.2, 0.25) is 0 Å². The maximum Gasteiger partial charge on any atom is 0.289 e. The largest absolute Gasteiger partial charge is 0.451 e. The fourth-order valence-corrected chi connectivity index (χ4v) is 4.16. The minimum atomic E-state index is -0.154. The van der Waals surface area contributed by atoms with E-state index in [0.29, 0.717) is 36.4 Å². The van der Waals surface area contributed by atoms with E-state index in [4.69, 9.17) is 4.42 Å². The zero-order valence-corrected chi connectivity index (χ0v) is 19.2. The van der Waals surface area contributed by atoms with Crippen molar-refractivity contribution < 1.29 is 14.0 Å². The third-order valence-corrected chi connectivity index (χ3v) is 6.16. The highest BCUT2D eigenvalue weighted by Gasteiger charge is 2.26. The third-order valence-electron chi connectivity index (χ3n) is 6.16. The first-order chi connectivity index (χ1) is 16.0. The number of carbonyl (C=O) groups excluding carboxylic acids is 2. The second-order valence-electron chi connectivity index (χ2n) is 8.36. The summed E-state index contributed by atoms with van der Waals surface area (Å²) in [7, 11) is 3.65. The molecule has 0 saturated heterocycles. The molecule has 2 amide bonds. The minimum absolute atomic E-state index is 0.110. The number of nitrogens with zero attached hydrogens (tertiary/aromatic N) is 2.